The Morgan fingerprint density at radius 1 is 1.07 bits per heavy atom. The Bertz CT molecular complexity index is 1060. The third kappa shape index (κ3) is 5.89. The molecule has 0 radical (unpaired) electrons. The molecule has 8 heteroatoms. The fourth-order valence-electron chi connectivity index (χ4n) is 2.38. The van der Waals surface area contributed by atoms with Crippen molar-refractivity contribution in [1.29, 1.82) is 0 Å². The van der Waals surface area contributed by atoms with Crippen LogP contribution in [-0.4, -0.2) is 23.3 Å². The molecule has 0 fully saturated rings. The number of hydrazone groups is 1. The molecule has 6 nitrogen and oxygen atoms in total. The van der Waals surface area contributed by atoms with E-state index >= 15 is 0 Å². The Morgan fingerprint density at radius 3 is 2.47 bits per heavy atom. The van der Waals surface area contributed by atoms with Gasteiger partial charge in [-0.15, -0.1) is 0 Å². The number of para-hydroxylation sites is 1. The Balaban J connectivity index is 1.54. The van der Waals surface area contributed by atoms with E-state index in [1.165, 1.54) is 12.3 Å². The zero-order valence-corrected chi connectivity index (χ0v) is 17.4. The molecule has 1 amide bonds. The second-order valence-electron chi connectivity index (χ2n) is 6.20. The maximum atomic E-state index is 12.1. The molecule has 1 unspecified atom stereocenters. The van der Waals surface area contributed by atoms with E-state index in [1.807, 2.05) is 0 Å². The van der Waals surface area contributed by atoms with Crippen LogP contribution in [0.15, 0.2) is 71.8 Å². The second-order valence-corrected chi connectivity index (χ2v) is 7.04. The largest absolute Gasteiger partial charge is 0.507 e. The zero-order valence-electron chi connectivity index (χ0n) is 15.9. The zero-order chi connectivity index (χ0) is 21.5. The summed E-state index contributed by atoms with van der Waals surface area (Å²) in [7, 11) is 0. The smallest absolute Gasteiger partial charge is 0.280 e. The van der Waals surface area contributed by atoms with Gasteiger partial charge in [0, 0.05) is 10.6 Å². The molecule has 3 rings (SSSR count). The summed E-state index contributed by atoms with van der Waals surface area (Å²) in [4.78, 5) is 12.1. The third-order valence-electron chi connectivity index (χ3n) is 3.94. The lowest BCUT2D eigenvalue weighted by atomic mass is 10.2. The van der Waals surface area contributed by atoms with Crippen molar-refractivity contribution in [3.05, 3.63) is 82.3 Å². The van der Waals surface area contributed by atoms with Crippen LogP contribution in [0.3, 0.4) is 0 Å². The highest BCUT2D eigenvalue weighted by molar-refractivity contribution is 6.35. The van der Waals surface area contributed by atoms with Crippen molar-refractivity contribution in [3.63, 3.8) is 0 Å². The van der Waals surface area contributed by atoms with Crippen LogP contribution in [0.1, 0.15) is 12.5 Å². The molecule has 1 atom stereocenters. The van der Waals surface area contributed by atoms with Crippen molar-refractivity contribution >= 4 is 35.3 Å². The fraction of sp³-hybridized carbons (Fsp3) is 0.0909. The summed E-state index contributed by atoms with van der Waals surface area (Å²) in [6, 6.07) is 18.3. The topological polar surface area (TPSA) is 80.2 Å². The number of hydrogen-bond acceptors (Lipinski definition) is 5. The number of ether oxygens (including phenoxy) is 2. The van der Waals surface area contributed by atoms with Gasteiger partial charge >= 0.3 is 0 Å². The molecule has 0 aliphatic rings. The van der Waals surface area contributed by atoms with Crippen LogP contribution in [-0.2, 0) is 4.79 Å². The van der Waals surface area contributed by atoms with Gasteiger partial charge in [-0.3, -0.25) is 4.79 Å². The quantitative estimate of drug-likeness (QED) is 0.377. The van der Waals surface area contributed by atoms with Gasteiger partial charge in [0.25, 0.3) is 5.91 Å². The summed E-state index contributed by atoms with van der Waals surface area (Å²) < 4.78 is 11.3. The van der Waals surface area contributed by atoms with Gasteiger partial charge in [0.1, 0.15) is 23.0 Å². The van der Waals surface area contributed by atoms with Gasteiger partial charge in [-0.25, -0.2) is 5.43 Å². The molecular weight excluding hydrogens is 427 g/mol. The van der Waals surface area contributed by atoms with Gasteiger partial charge in [0.15, 0.2) is 6.10 Å². The van der Waals surface area contributed by atoms with E-state index in [4.69, 9.17) is 32.7 Å². The molecule has 154 valence electrons. The first-order valence-electron chi connectivity index (χ1n) is 8.93. The number of rotatable bonds is 7. The number of aromatic hydroxyl groups is 1. The van der Waals surface area contributed by atoms with E-state index in [0.717, 1.165) is 0 Å². The number of amides is 1. The van der Waals surface area contributed by atoms with Crippen LogP contribution in [0.5, 0.6) is 23.0 Å². The SMILES string of the molecule is CC(Oc1ccc(Oc2ccc(Cl)cc2Cl)cc1)C(=O)NN=Cc1ccccc1O. The van der Waals surface area contributed by atoms with Crippen molar-refractivity contribution in [2.45, 2.75) is 13.0 Å². The number of carbonyl (C=O) groups is 1. The fourth-order valence-corrected chi connectivity index (χ4v) is 2.83. The number of halogens is 2. The van der Waals surface area contributed by atoms with Gasteiger partial charge in [-0.1, -0.05) is 35.3 Å². The molecule has 2 N–H and O–H groups in total. The third-order valence-corrected chi connectivity index (χ3v) is 4.47. The van der Waals surface area contributed by atoms with Gasteiger partial charge in [0.05, 0.1) is 11.2 Å². The molecular formula is C22H18Cl2N2O4. The summed E-state index contributed by atoms with van der Waals surface area (Å²) in [5.41, 5.74) is 2.87. The summed E-state index contributed by atoms with van der Waals surface area (Å²) >= 11 is 12.0. The first-order chi connectivity index (χ1) is 14.4. The van der Waals surface area contributed by atoms with Crippen LogP contribution >= 0.6 is 23.2 Å². The summed E-state index contributed by atoms with van der Waals surface area (Å²) in [6.07, 6.45) is 0.567. The lowest BCUT2D eigenvalue weighted by Gasteiger charge is -2.13. The monoisotopic (exact) mass is 444 g/mol. The number of hydrogen-bond donors (Lipinski definition) is 2. The maximum absolute atomic E-state index is 12.1. The van der Waals surface area contributed by atoms with Gasteiger partial charge < -0.3 is 14.6 Å². The van der Waals surface area contributed by atoms with E-state index in [0.29, 0.717) is 32.9 Å². The van der Waals surface area contributed by atoms with Crippen molar-refractivity contribution in [2.75, 3.05) is 0 Å². The first kappa shape index (κ1) is 21.5. The molecule has 30 heavy (non-hydrogen) atoms. The average Bonchev–Trinajstić information content (AvgIpc) is 2.72. The molecule has 0 saturated heterocycles. The van der Waals surface area contributed by atoms with Gasteiger partial charge in [0.2, 0.25) is 0 Å². The molecule has 0 aliphatic heterocycles. The van der Waals surface area contributed by atoms with Crippen LogP contribution in [0.2, 0.25) is 10.0 Å². The van der Waals surface area contributed by atoms with E-state index in [9.17, 15) is 9.90 Å². The highest BCUT2D eigenvalue weighted by atomic mass is 35.5. The summed E-state index contributed by atoms with van der Waals surface area (Å²) in [5, 5.41) is 14.4. The average molecular weight is 445 g/mol. The second kappa shape index (κ2) is 10.0. The summed E-state index contributed by atoms with van der Waals surface area (Å²) in [6.45, 7) is 1.60. The number of benzene rings is 3. The van der Waals surface area contributed by atoms with Crippen molar-refractivity contribution in [3.8, 4) is 23.0 Å². The molecule has 0 bridgehead atoms. The lowest BCUT2D eigenvalue weighted by molar-refractivity contribution is -0.127. The van der Waals surface area contributed by atoms with Crippen molar-refractivity contribution < 1.29 is 19.4 Å². The van der Waals surface area contributed by atoms with E-state index in [1.54, 1.807) is 67.6 Å². The number of carbonyl (C=O) groups excluding carboxylic acids is 1. The van der Waals surface area contributed by atoms with Crippen molar-refractivity contribution in [1.82, 2.24) is 5.43 Å². The molecule has 0 saturated carbocycles. The predicted molar refractivity (Wildman–Crippen MR) is 117 cm³/mol. The molecule has 0 aromatic heterocycles. The van der Waals surface area contributed by atoms with Crippen LogP contribution in [0, 0.1) is 0 Å². The maximum Gasteiger partial charge on any atom is 0.280 e. The molecule has 0 spiro atoms. The molecule has 3 aromatic carbocycles. The van der Waals surface area contributed by atoms with E-state index < -0.39 is 12.0 Å². The van der Waals surface area contributed by atoms with Crippen molar-refractivity contribution in [2.24, 2.45) is 5.10 Å². The molecule has 0 heterocycles. The minimum atomic E-state index is -0.788. The Labute approximate surface area is 183 Å². The van der Waals surface area contributed by atoms with Gasteiger partial charge in [-0.2, -0.15) is 5.10 Å². The van der Waals surface area contributed by atoms with Crippen LogP contribution in [0.25, 0.3) is 0 Å². The first-order valence-corrected chi connectivity index (χ1v) is 9.68. The number of nitrogens with one attached hydrogen (secondary N) is 1. The normalized spacial score (nSPS) is 11.8. The Kier molecular flexibility index (Phi) is 7.17. The highest BCUT2D eigenvalue weighted by Crippen LogP contribution is 2.32. The minimum Gasteiger partial charge on any atom is -0.507 e. The number of nitrogens with zero attached hydrogens (tertiary/aromatic N) is 1. The van der Waals surface area contributed by atoms with Crippen LogP contribution in [0.4, 0.5) is 0 Å². The Hall–Kier alpha value is -3.22. The van der Waals surface area contributed by atoms with Gasteiger partial charge in [-0.05, 0) is 61.5 Å². The molecule has 0 aliphatic carbocycles. The van der Waals surface area contributed by atoms with E-state index in [2.05, 4.69) is 10.5 Å². The van der Waals surface area contributed by atoms with Crippen LogP contribution < -0.4 is 14.9 Å². The standard InChI is InChI=1S/C22H18Cl2N2O4/c1-14(22(28)26-25-13-15-4-2-3-5-20(15)27)29-17-7-9-18(10-8-17)30-21-11-6-16(23)12-19(21)24/h2-14,27H,1H3,(H,26,28). The number of phenolic OH excluding ortho intramolecular Hbond substituents is 1. The minimum absolute atomic E-state index is 0.0713. The summed E-state index contributed by atoms with van der Waals surface area (Å²) in [5.74, 6) is 1.15. The molecule has 3 aromatic rings. The lowest BCUT2D eigenvalue weighted by Crippen LogP contribution is -2.33. The van der Waals surface area contributed by atoms with E-state index in [-0.39, 0.29) is 5.75 Å². The highest BCUT2D eigenvalue weighted by Gasteiger charge is 2.14. The Morgan fingerprint density at radius 2 is 1.77 bits per heavy atom. The predicted octanol–water partition coefficient (Wildman–Crippen LogP) is 5.41. The number of phenols is 1.